The number of anilines is 2. The lowest BCUT2D eigenvalue weighted by Crippen LogP contribution is -2.44. The number of nitrogens with zero attached hydrogens (tertiary/aromatic N) is 5. The summed E-state index contributed by atoms with van der Waals surface area (Å²) in [5.41, 5.74) is 0.149. The van der Waals surface area contributed by atoms with Crippen LogP contribution in [0.2, 0.25) is 0 Å². The first kappa shape index (κ1) is 31.4. The van der Waals surface area contributed by atoms with Crippen molar-refractivity contribution in [2.45, 2.75) is 63.2 Å². The molecule has 2 heterocycles. The van der Waals surface area contributed by atoms with Crippen LogP contribution in [0, 0.1) is 11.6 Å². The van der Waals surface area contributed by atoms with Gasteiger partial charge in [-0.15, -0.1) is 0 Å². The number of fused-ring (bicyclic) bond motifs is 1. The van der Waals surface area contributed by atoms with Crippen LogP contribution in [-0.2, 0) is 15.8 Å². The smallest absolute Gasteiger partial charge is 0.278 e. The minimum absolute atomic E-state index is 0.0580. The Hall–Kier alpha value is -4.04. The number of alkyl halides is 1. The van der Waals surface area contributed by atoms with Crippen molar-refractivity contribution in [3.05, 3.63) is 76.2 Å². The number of halogens is 3. The number of sulfonamides is 1. The Kier molecular flexibility index (Phi) is 8.93. The zero-order valence-electron chi connectivity index (χ0n) is 24.8. The summed E-state index contributed by atoms with van der Waals surface area (Å²) in [5, 5.41) is 3.20. The maximum Gasteiger partial charge on any atom is 0.278 e. The molecule has 2 aromatic carbocycles. The lowest BCUT2D eigenvalue weighted by molar-refractivity contribution is 0.109. The van der Waals surface area contributed by atoms with Crippen LogP contribution in [0.3, 0.4) is 0 Å². The van der Waals surface area contributed by atoms with Gasteiger partial charge in [-0.2, -0.15) is 4.98 Å². The van der Waals surface area contributed by atoms with Gasteiger partial charge < -0.3 is 10.2 Å². The van der Waals surface area contributed by atoms with Gasteiger partial charge in [-0.3, -0.25) is 14.1 Å². The molecule has 1 fully saturated rings. The summed E-state index contributed by atoms with van der Waals surface area (Å²) in [4.78, 5) is 28.9. The molecule has 1 aliphatic rings. The van der Waals surface area contributed by atoms with Crippen LogP contribution < -0.4 is 15.6 Å². The summed E-state index contributed by atoms with van der Waals surface area (Å²) in [6.45, 7) is 3.60. The van der Waals surface area contributed by atoms with Gasteiger partial charge in [0.15, 0.2) is 5.65 Å². The summed E-state index contributed by atoms with van der Waals surface area (Å²) in [6.07, 6.45) is 2.20. The summed E-state index contributed by atoms with van der Waals surface area (Å²) < 4.78 is 71.9. The van der Waals surface area contributed by atoms with E-state index in [-0.39, 0.29) is 46.7 Å². The SMILES string of the molecule is CC(C)n1c(=O)c(-c2ccc(NS(=O)(=O)Cc3ccc(F)cc3)c(F)c2)nc2cnc(N[C@@H]3CC[C@@H](N(C)C)[C@H](F)C3)nc21. The van der Waals surface area contributed by atoms with Crippen molar-refractivity contribution < 1.29 is 21.6 Å². The van der Waals surface area contributed by atoms with Crippen LogP contribution in [0.25, 0.3) is 22.4 Å². The molecule has 1 saturated carbocycles. The third-order valence-electron chi connectivity index (χ3n) is 7.66. The van der Waals surface area contributed by atoms with Gasteiger partial charge in [0.1, 0.15) is 29.0 Å². The molecule has 0 saturated heterocycles. The van der Waals surface area contributed by atoms with Gasteiger partial charge in [-0.1, -0.05) is 18.2 Å². The second-order valence-electron chi connectivity index (χ2n) is 11.5. The topological polar surface area (TPSA) is 122 Å². The molecule has 10 nitrogen and oxygen atoms in total. The summed E-state index contributed by atoms with van der Waals surface area (Å²) in [5.74, 6) is -1.64. The fourth-order valence-corrected chi connectivity index (χ4v) is 6.69. The Morgan fingerprint density at radius 3 is 2.43 bits per heavy atom. The molecule has 0 spiro atoms. The standard InChI is InChI=1S/C30H34F3N7O3S/c1-17(2)40-28-25(15-34-30(37-28)35-21-10-12-26(39(3)4)23(33)14-21)36-27(29(40)41)19-7-11-24(22(32)13-19)38-44(42,43)16-18-5-8-20(31)9-6-18/h5-9,11,13,15,17,21,23,26,38H,10,12,14,16H2,1-4H3,(H,34,35,37)/t21-,23-,26-/m1/s1. The second-order valence-corrected chi connectivity index (χ2v) is 13.2. The van der Waals surface area contributed by atoms with Gasteiger partial charge in [0.25, 0.3) is 5.56 Å². The molecule has 0 unspecified atom stereocenters. The normalized spacial score (nSPS) is 19.1. The molecule has 234 valence electrons. The van der Waals surface area contributed by atoms with Crippen LogP contribution in [0.1, 0.15) is 44.7 Å². The van der Waals surface area contributed by atoms with Crippen LogP contribution >= 0.6 is 0 Å². The molecule has 0 bridgehead atoms. The molecule has 3 atom stereocenters. The molecule has 1 aliphatic carbocycles. The minimum atomic E-state index is -4.02. The number of rotatable bonds is 9. The lowest BCUT2D eigenvalue weighted by atomic mass is 9.89. The van der Waals surface area contributed by atoms with Crippen LogP contribution in [-0.4, -0.2) is 65.2 Å². The largest absolute Gasteiger partial charge is 0.351 e. The Morgan fingerprint density at radius 1 is 1.07 bits per heavy atom. The molecule has 2 N–H and O–H groups in total. The molecular formula is C30H34F3N7O3S. The Morgan fingerprint density at radius 2 is 1.80 bits per heavy atom. The molecule has 4 aromatic rings. The van der Waals surface area contributed by atoms with Gasteiger partial charge in [0.2, 0.25) is 16.0 Å². The first-order valence-corrected chi connectivity index (χ1v) is 15.9. The van der Waals surface area contributed by atoms with E-state index in [2.05, 4.69) is 25.0 Å². The van der Waals surface area contributed by atoms with Crippen molar-refractivity contribution in [2.24, 2.45) is 0 Å². The van der Waals surface area contributed by atoms with E-state index in [1.807, 2.05) is 19.0 Å². The number of hydrogen-bond acceptors (Lipinski definition) is 8. The van der Waals surface area contributed by atoms with Crippen molar-refractivity contribution >= 4 is 32.8 Å². The highest BCUT2D eigenvalue weighted by atomic mass is 32.2. The van der Waals surface area contributed by atoms with Gasteiger partial charge in [-0.05, 0) is 70.6 Å². The van der Waals surface area contributed by atoms with Crippen molar-refractivity contribution in [3.8, 4) is 11.3 Å². The van der Waals surface area contributed by atoms with E-state index in [1.165, 1.54) is 35.0 Å². The third-order valence-corrected chi connectivity index (χ3v) is 8.91. The molecule has 0 radical (unpaired) electrons. The zero-order chi connectivity index (χ0) is 31.8. The van der Waals surface area contributed by atoms with E-state index in [1.54, 1.807) is 13.8 Å². The number of benzene rings is 2. The van der Waals surface area contributed by atoms with Crippen molar-refractivity contribution in [1.82, 2.24) is 24.4 Å². The summed E-state index contributed by atoms with van der Waals surface area (Å²) in [7, 11) is -0.285. The first-order valence-electron chi connectivity index (χ1n) is 14.2. The molecule has 14 heteroatoms. The highest BCUT2D eigenvalue weighted by Gasteiger charge is 2.32. The number of nitrogens with one attached hydrogen (secondary N) is 2. The number of aromatic nitrogens is 4. The molecule has 0 aliphatic heterocycles. The maximum atomic E-state index is 15.2. The van der Waals surface area contributed by atoms with Crippen LogP contribution in [0.15, 0.2) is 53.5 Å². The number of hydrogen-bond donors (Lipinski definition) is 2. The molecular weight excluding hydrogens is 595 g/mol. The van der Waals surface area contributed by atoms with Crippen molar-refractivity contribution in [2.75, 3.05) is 24.1 Å². The molecule has 0 amide bonds. The van der Waals surface area contributed by atoms with Crippen molar-refractivity contribution in [1.29, 1.82) is 0 Å². The highest BCUT2D eigenvalue weighted by Crippen LogP contribution is 2.28. The first-order chi connectivity index (χ1) is 20.8. The predicted octanol–water partition coefficient (Wildman–Crippen LogP) is 4.89. The zero-order valence-corrected chi connectivity index (χ0v) is 25.6. The van der Waals surface area contributed by atoms with Gasteiger partial charge in [0.05, 0.1) is 17.6 Å². The average Bonchev–Trinajstić information content (AvgIpc) is 2.94. The van der Waals surface area contributed by atoms with E-state index in [0.29, 0.717) is 23.9 Å². The molecule has 44 heavy (non-hydrogen) atoms. The second kappa shape index (κ2) is 12.5. The van der Waals surface area contributed by atoms with E-state index >= 15 is 4.39 Å². The molecule has 5 rings (SSSR count). The monoisotopic (exact) mass is 629 g/mol. The minimum Gasteiger partial charge on any atom is -0.351 e. The quantitative estimate of drug-likeness (QED) is 0.269. The van der Waals surface area contributed by atoms with Crippen LogP contribution in [0.4, 0.5) is 24.8 Å². The Balaban J connectivity index is 1.40. The predicted molar refractivity (Wildman–Crippen MR) is 164 cm³/mol. The van der Waals surface area contributed by atoms with E-state index in [4.69, 9.17) is 0 Å². The third kappa shape index (κ3) is 6.86. The lowest BCUT2D eigenvalue weighted by Gasteiger charge is -2.35. The van der Waals surface area contributed by atoms with Gasteiger partial charge >= 0.3 is 0 Å². The van der Waals surface area contributed by atoms with Gasteiger partial charge in [-0.25, -0.2) is 31.6 Å². The van der Waals surface area contributed by atoms with Crippen molar-refractivity contribution in [3.63, 3.8) is 0 Å². The van der Waals surface area contributed by atoms with E-state index < -0.39 is 39.1 Å². The Bertz CT molecular complexity index is 1830. The Labute approximate surface area is 253 Å². The molecule has 2 aromatic heterocycles. The fourth-order valence-electron chi connectivity index (χ4n) is 5.48. The van der Waals surface area contributed by atoms with Crippen LogP contribution in [0.5, 0.6) is 0 Å². The maximum absolute atomic E-state index is 15.2. The highest BCUT2D eigenvalue weighted by molar-refractivity contribution is 7.91. The van der Waals surface area contributed by atoms with Gasteiger partial charge in [0, 0.05) is 30.1 Å². The summed E-state index contributed by atoms with van der Waals surface area (Å²) >= 11 is 0. The van der Waals surface area contributed by atoms with E-state index in [0.717, 1.165) is 24.6 Å². The van der Waals surface area contributed by atoms with E-state index in [9.17, 15) is 22.0 Å². The fraction of sp³-hybridized carbons (Fsp3) is 0.400. The average molecular weight is 630 g/mol. The summed E-state index contributed by atoms with van der Waals surface area (Å²) in [6, 6.07) is 7.93.